The van der Waals surface area contributed by atoms with Crippen molar-refractivity contribution in [3.63, 3.8) is 0 Å². The summed E-state index contributed by atoms with van der Waals surface area (Å²) in [6.45, 7) is 0. The van der Waals surface area contributed by atoms with Crippen LogP contribution in [0.3, 0.4) is 0 Å². The lowest BCUT2D eigenvalue weighted by Crippen LogP contribution is -2.04. The van der Waals surface area contributed by atoms with Gasteiger partial charge in [0.1, 0.15) is 5.82 Å². The van der Waals surface area contributed by atoms with E-state index >= 15 is 0 Å². The molecular weight excluding hydrogens is 210 g/mol. The highest BCUT2D eigenvalue weighted by Crippen LogP contribution is 2.31. The Balaban J connectivity index is 2.70. The van der Waals surface area contributed by atoms with Crippen molar-refractivity contribution in [1.29, 1.82) is 0 Å². The fraction of sp³-hybridized carbons (Fsp3) is 0.100. The molecule has 2 rings (SSSR count). The van der Waals surface area contributed by atoms with Gasteiger partial charge in [-0.25, -0.2) is 4.39 Å². The zero-order valence-corrected chi connectivity index (χ0v) is 7.35. The number of aromatic nitrogens is 1. The molecule has 1 heterocycles. The molecule has 0 amide bonds. The maximum Gasteiger partial charge on any atom is 0.416 e. The van der Waals surface area contributed by atoms with Gasteiger partial charge in [0.25, 0.3) is 0 Å². The molecule has 78 valence electrons. The van der Waals surface area contributed by atoms with E-state index in [0.717, 1.165) is 24.3 Å². The predicted molar refractivity (Wildman–Crippen MR) is 46.7 cm³/mol. The highest BCUT2D eigenvalue weighted by atomic mass is 19.4. The number of nitrogens with zero attached hydrogens (tertiary/aromatic N) is 1. The van der Waals surface area contributed by atoms with E-state index in [1.807, 2.05) is 0 Å². The minimum atomic E-state index is -4.46. The minimum absolute atomic E-state index is 0.118. The van der Waals surface area contributed by atoms with Gasteiger partial charge < -0.3 is 0 Å². The molecule has 1 aromatic heterocycles. The standard InChI is InChI=1S/C10H5F4N/c11-8-3-4-15-9-2-1-6(5-7(8)9)10(12,13)14/h1-5H. The Morgan fingerprint density at radius 1 is 1.07 bits per heavy atom. The fourth-order valence-electron chi connectivity index (χ4n) is 1.29. The van der Waals surface area contributed by atoms with E-state index in [0.29, 0.717) is 0 Å². The molecule has 0 unspecified atom stereocenters. The highest BCUT2D eigenvalue weighted by molar-refractivity contribution is 5.79. The van der Waals surface area contributed by atoms with Crippen molar-refractivity contribution >= 4 is 10.9 Å². The van der Waals surface area contributed by atoms with E-state index < -0.39 is 17.6 Å². The molecule has 2 aromatic rings. The average molecular weight is 215 g/mol. The molecule has 0 spiro atoms. The Hall–Kier alpha value is -1.65. The third-order valence-corrected chi connectivity index (χ3v) is 2.02. The largest absolute Gasteiger partial charge is 0.416 e. The van der Waals surface area contributed by atoms with Gasteiger partial charge in [-0.15, -0.1) is 0 Å². The number of hydrogen-bond donors (Lipinski definition) is 0. The van der Waals surface area contributed by atoms with Crippen LogP contribution in [0.2, 0.25) is 0 Å². The molecule has 0 atom stereocenters. The van der Waals surface area contributed by atoms with Gasteiger partial charge in [0.05, 0.1) is 11.1 Å². The van der Waals surface area contributed by atoms with Crippen LogP contribution in [-0.2, 0) is 6.18 Å². The first-order valence-corrected chi connectivity index (χ1v) is 4.10. The van der Waals surface area contributed by atoms with Crippen molar-refractivity contribution in [1.82, 2.24) is 4.98 Å². The van der Waals surface area contributed by atoms with Crippen molar-refractivity contribution in [3.05, 3.63) is 41.8 Å². The lowest BCUT2D eigenvalue weighted by Gasteiger charge is -2.07. The van der Waals surface area contributed by atoms with Crippen molar-refractivity contribution in [2.24, 2.45) is 0 Å². The van der Waals surface area contributed by atoms with Crippen LogP contribution in [0.4, 0.5) is 17.6 Å². The van der Waals surface area contributed by atoms with Gasteiger partial charge in [-0.2, -0.15) is 13.2 Å². The predicted octanol–water partition coefficient (Wildman–Crippen LogP) is 3.39. The summed E-state index contributed by atoms with van der Waals surface area (Å²) in [5.74, 6) is -0.703. The Labute approximate surface area is 82.4 Å². The average Bonchev–Trinajstić information content (AvgIpc) is 2.16. The van der Waals surface area contributed by atoms with Gasteiger partial charge in [-0.05, 0) is 24.3 Å². The summed E-state index contributed by atoms with van der Waals surface area (Å²) in [5.41, 5.74) is -0.662. The van der Waals surface area contributed by atoms with Crippen LogP contribution in [0.15, 0.2) is 30.5 Å². The Bertz CT molecular complexity index is 504. The van der Waals surface area contributed by atoms with Gasteiger partial charge in [-0.3, -0.25) is 4.98 Å². The molecule has 15 heavy (non-hydrogen) atoms. The number of rotatable bonds is 0. The zero-order chi connectivity index (χ0) is 11.1. The first kappa shape index (κ1) is 9.89. The van der Waals surface area contributed by atoms with Gasteiger partial charge in [0.2, 0.25) is 0 Å². The van der Waals surface area contributed by atoms with Crippen LogP contribution in [-0.4, -0.2) is 4.98 Å². The lowest BCUT2D eigenvalue weighted by molar-refractivity contribution is -0.137. The third kappa shape index (κ3) is 1.77. The van der Waals surface area contributed by atoms with E-state index in [-0.39, 0.29) is 10.9 Å². The molecule has 0 aliphatic heterocycles. The quantitative estimate of drug-likeness (QED) is 0.614. The monoisotopic (exact) mass is 215 g/mol. The van der Waals surface area contributed by atoms with E-state index in [1.165, 1.54) is 6.20 Å². The second-order valence-electron chi connectivity index (χ2n) is 3.02. The molecule has 0 fully saturated rings. The first-order chi connectivity index (χ1) is 6.98. The smallest absolute Gasteiger partial charge is 0.256 e. The molecule has 0 radical (unpaired) electrons. The molecule has 5 heteroatoms. The number of hydrogen-bond acceptors (Lipinski definition) is 1. The van der Waals surface area contributed by atoms with Gasteiger partial charge in [0, 0.05) is 11.6 Å². The molecule has 1 nitrogen and oxygen atoms in total. The molecular formula is C10H5F4N. The lowest BCUT2D eigenvalue weighted by atomic mass is 10.1. The topological polar surface area (TPSA) is 12.9 Å². The molecule has 0 saturated carbocycles. The van der Waals surface area contributed by atoms with Crippen LogP contribution in [0.25, 0.3) is 10.9 Å². The number of benzene rings is 1. The molecule has 0 aliphatic carbocycles. The van der Waals surface area contributed by atoms with Crippen LogP contribution in [0.1, 0.15) is 5.56 Å². The van der Waals surface area contributed by atoms with E-state index in [2.05, 4.69) is 4.98 Å². The fourth-order valence-corrected chi connectivity index (χ4v) is 1.29. The number of pyridine rings is 1. The van der Waals surface area contributed by atoms with Crippen LogP contribution >= 0.6 is 0 Å². The summed E-state index contributed by atoms with van der Waals surface area (Å²) in [5, 5.41) is -0.118. The SMILES string of the molecule is Fc1ccnc2ccc(C(F)(F)F)cc12. The number of fused-ring (bicyclic) bond motifs is 1. The molecule has 0 bridgehead atoms. The van der Waals surface area contributed by atoms with Crippen molar-refractivity contribution < 1.29 is 17.6 Å². The summed E-state index contributed by atoms with van der Waals surface area (Å²) >= 11 is 0. The molecule has 0 N–H and O–H groups in total. The second kappa shape index (κ2) is 3.18. The normalized spacial score (nSPS) is 12.0. The number of halogens is 4. The summed E-state index contributed by atoms with van der Waals surface area (Å²) < 4.78 is 50.1. The van der Waals surface area contributed by atoms with Crippen molar-refractivity contribution in [2.75, 3.05) is 0 Å². The van der Waals surface area contributed by atoms with Gasteiger partial charge in [-0.1, -0.05) is 0 Å². The van der Waals surface area contributed by atoms with Crippen molar-refractivity contribution in [2.45, 2.75) is 6.18 Å². The van der Waals surface area contributed by atoms with Gasteiger partial charge >= 0.3 is 6.18 Å². The van der Waals surface area contributed by atoms with E-state index in [1.54, 1.807) is 0 Å². The van der Waals surface area contributed by atoms with Crippen LogP contribution < -0.4 is 0 Å². The first-order valence-electron chi connectivity index (χ1n) is 4.10. The van der Waals surface area contributed by atoms with E-state index in [9.17, 15) is 17.6 Å². The maximum atomic E-state index is 13.1. The molecule has 0 aliphatic rings. The Kier molecular flexibility index (Phi) is 2.10. The summed E-state index contributed by atoms with van der Waals surface area (Å²) in [4.78, 5) is 3.76. The maximum absolute atomic E-state index is 13.1. The summed E-state index contributed by atoms with van der Waals surface area (Å²) in [6, 6.07) is 3.83. The summed E-state index contributed by atoms with van der Waals surface area (Å²) in [7, 11) is 0. The number of alkyl halides is 3. The van der Waals surface area contributed by atoms with Crippen molar-refractivity contribution in [3.8, 4) is 0 Å². The second-order valence-corrected chi connectivity index (χ2v) is 3.02. The van der Waals surface area contributed by atoms with Crippen LogP contribution in [0, 0.1) is 5.82 Å². The van der Waals surface area contributed by atoms with Crippen LogP contribution in [0.5, 0.6) is 0 Å². The Morgan fingerprint density at radius 3 is 2.47 bits per heavy atom. The zero-order valence-electron chi connectivity index (χ0n) is 7.35. The highest BCUT2D eigenvalue weighted by Gasteiger charge is 2.30. The van der Waals surface area contributed by atoms with Gasteiger partial charge in [0.15, 0.2) is 0 Å². The third-order valence-electron chi connectivity index (χ3n) is 2.02. The minimum Gasteiger partial charge on any atom is -0.256 e. The van der Waals surface area contributed by atoms with E-state index in [4.69, 9.17) is 0 Å². The molecule has 1 aromatic carbocycles. The summed E-state index contributed by atoms with van der Waals surface area (Å²) in [6.07, 6.45) is -3.25. The molecule has 0 saturated heterocycles. The Morgan fingerprint density at radius 2 is 1.80 bits per heavy atom.